The number of ether oxygens (including phenoxy) is 1. The minimum absolute atomic E-state index is 0.206. The van der Waals surface area contributed by atoms with E-state index in [4.69, 9.17) is 4.74 Å². The zero-order chi connectivity index (χ0) is 15.9. The van der Waals surface area contributed by atoms with Crippen LogP contribution in [0, 0.1) is 6.92 Å². The fraction of sp³-hybridized carbons (Fsp3) is 0.294. The molecule has 116 valence electrons. The van der Waals surface area contributed by atoms with Crippen molar-refractivity contribution in [3.05, 3.63) is 59.7 Å². The van der Waals surface area contributed by atoms with Gasteiger partial charge in [0.25, 0.3) is 0 Å². The SMILES string of the molecule is Cc1ccc(S(=O)(=O)[C@@H]2[C@H](C)Oc3ccccc3[C@@H]2O)cc1. The highest BCUT2D eigenvalue weighted by atomic mass is 32.2. The van der Waals surface area contributed by atoms with E-state index in [0.29, 0.717) is 11.3 Å². The van der Waals surface area contributed by atoms with Crippen molar-refractivity contribution in [3.8, 4) is 5.75 Å². The largest absolute Gasteiger partial charge is 0.489 e. The predicted molar refractivity (Wildman–Crippen MR) is 83.6 cm³/mol. The van der Waals surface area contributed by atoms with Gasteiger partial charge in [-0.25, -0.2) is 8.42 Å². The van der Waals surface area contributed by atoms with Gasteiger partial charge in [-0.15, -0.1) is 0 Å². The molecule has 0 saturated carbocycles. The van der Waals surface area contributed by atoms with Gasteiger partial charge < -0.3 is 9.84 Å². The number of hydrogen-bond donors (Lipinski definition) is 1. The van der Waals surface area contributed by atoms with Gasteiger partial charge in [-0.2, -0.15) is 0 Å². The Morgan fingerprint density at radius 3 is 2.36 bits per heavy atom. The number of aliphatic hydroxyl groups is 1. The molecule has 2 aromatic rings. The Morgan fingerprint density at radius 1 is 1.05 bits per heavy atom. The van der Waals surface area contributed by atoms with E-state index >= 15 is 0 Å². The Bertz CT molecular complexity index is 781. The Balaban J connectivity index is 2.06. The number of aryl methyl sites for hydroxylation is 1. The van der Waals surface area contributed by atoms with Crippen LogP contribution in [0.15, 0.2) is 53.4 Å². The van der Waals surface area contributed by atoms with Crippen molar-refractivity contribution in [2.75, 3.05) is 0 Å². The van der Waals surface area contributed by atoms with Crippen molar-refractivity contribution in [1.82, 2.24) is 0 Å². The summed E-state index contributed by atoms with van der Waals surface area (Å²) in [4.78, 5) is 0.206. The van der Waals surface area contributed by atoms with E-state index in [1.807, 2.05) is 6.92 Å². The summed E-state index contributed by atoms with van der Waals surface area (Å²) in [5, 5.41) is 9.56. The lowest BCUT2D eigenvalue weighted by atomic mass is 9.99. The maximum Gasteiger partial charge on any atom is 0.187 e. The molecule has 1 aliphatic heterocycles. The monoisotopic (exact) mass is 318 g/mol. The summed E-state index contributed by atoms with van der Waals surface area (Å²) in [7, 11) is -3.69. The summed E-state index contributed by atoms with van der Waals surface area (Å²) >= 11 is 0. The first-order valence-electron chi connectivity index (χ1n) is 7.15. The van der Waals surface area contributed by atoms with E-state index < -0.39 is 27.3 Å². The molecular weight excluding hydrogens is 300 g/mol. The first-order chi connectivity index (χ1) is 10.4. The molecule has 22 heavy (non-hydrogen) atoms. The van der Waals surface area contributed by atoms with Crippen LogP contribution in [0.2, 0.25) is 0 Å². The number of rotatable bonds is 2. The summed E-state index contributed by atoms with van der Waals surface area (Å²) < 4.78 is 31.5. The molecule has 0 unspecified atom stereocenters. The molecule has 1 aliphatic rings. The third kappa shape index (κ3) is 2.40. The van der Waals surface area contributed by atoms with Crippen molar-refractivity contribution < 1.29 is 18.3 Å². The average molecular weight is 318 g/mol. The molecule has 0 fully saturated rings. The van der Waals surface area contributed by atoms with E-state index in [9.17, 15) is 13.5 Å². The van der Waals surface area contributed by atoms with Crippen LogP contribution < -0.4 is 4.74 Å². The molecule has 5 heteroatoms. The lowest BCUT2D eigenvalue weighted by Crippen LogP contribution is -2.44. The molecule has 4 nitrogen and oxygen atoms in total. The number of benzene rings is 2. The lowest BCUT2D eigenvalue weighted by molar-refractivity contribution is 0.0792. The Kier molecular flexibility index (Phi) is 3.70. The number of sulfone groups is 1. The minimum atomic E-state index is -3.69. The molecule has 0 aromatic heterocycles. The number of fused-ring (bicyclic) bond motifs is 1. The molecule has 0 amide bonds. The third-order valence-electron chi connectivity index (χ3n) is 4.03. The molecule has 1 heterocycles. The molecule has 3 atom stereocenters. The summed E-state index contributed by atoms with van der Waals surface area (Å²) in [6.45, 7) is 3.57. The molecule has 0 radical (unpaired) electrons. The van der Waals surface area contributed by atoms with Crippen molar-refractivity contribution in [2.45, 2.75) is 36.2 Å². The van der Waals surface area contributed by atoms with Crippen LogP contribution in [0.5, 0.6) is 5.75 Å². The number of hydrogen-bond acceptors (Lipinski definition) is 4. The van der Waals surface area contributed by atoms with E-state index in [-0.39, 0.29) is 4.90 Å². The summed E-state index contributed by atoms with van der Waals surface area (Å²) in [5.74, 6) is 0.540. The first-order valence-corrected chi connectivity index (χ1v) is 8.70. The predicted octanol–water partition coefficient (Wildman–Crippen LogP) is 2.65. The first kappa shape index (κ1) is 15.1. The van der Waals surface area contributed by atoms with Gasteiger partial charge in [-0.3, -0.25) is 0 Å². The average Bonchev–Trinajstić information content (AvgIpc) is 2.47. The standard InChI is InChI=1S/C17H18O4S/c1-11-7-9-13(10-8-11)22(19,20)17-12(2)21-15-6-4-3-5-14(15)16(17)18/h3-10,12,16-18H,1-2H3/t12-,16-,17+/m0/s1. The highest BCUT2D eigenvalue weighted by molar-refractivity contribution is 7.92. The normalized spacial score (nSPS) is 24.4. The number of aliphatic hydroxyl groups excluding tert-OH is 1. The van der Waals surface area contributed by atoms with E-state index in [0.717, 1.165) is 5.56 Å². The van der Waals surface area contributed by atoms with Crippen LogP contribution in [-0.2, 0) is 9.84 Å². The molecule has 1 N–H and O–H groups in total. The van der Waals surface area contributed by atoms with Gasteiger partial charge >= 0.3 is 0 Å². The van der Waals surface area contributed by atoms with Crippen molar-refractivity contribution in [1.29, 1.82) is 0 Å². The fourth-order valence-corrected chi connectivity index (χ4v) is 4.72. The van der Waals surface area contributed by atoms with Gasteiger partial charge in [-0.05, 0) is 32.0 Å². The van der Waals surface area contributed by atoms with E-state index in [2.05, 4.69) is 0 Å². The Morgan fingerprint density at radius 2 is 1.68 bits per heavy atom. The molecule has 0 saturated heterocycles. The molecule has 0 spiro atoms. The molecular formula is C17H18O4S. The third-order valence-corrected chi connectivity index (χ3v) is 6.32. The molecule has 0 bridgehead atoms. The Labute approximate surface area is 130 Å². The molecule has 2 aromatic carbocycles. The highest BCUT2D eigenvalue weighted by Gasteiger charge is 2.44. The van der Waals surface area contributed by atoms with Crippen LogP contribution in [0.4, 0.5) is 0 Å². The fourth-order valence-electron chi connectivity index (χ4n) is 2.84. The second-order valence-electron chi connectivity index (χ2n) is 5.63. The summed E-state index contributed by atoms with van der Waals surface area (Å²) in [5.41, 5.74) is 1.50. The van der Waals surface area contributed by atoms with E-state index in [1.165, 1.54) is 0 Å². The second kappa shape index (κ2) is 5.41. The van der Waals surface area contributed by atoms with Gasteiger partial charge in [0.15, 0.2) is 9.84 Å². The second-order valence-corrected chi connectivity index (χ2v) is 7.73. The van der Waals surface area contributed by atoms with Crippen LogP contribution >= 0.6 is 0 Å². The van der Waals surface area contributed by atoms with Crippen molar-refractivity contribution in [3.63, 3.8) is 0 Å². The molecule has 0 aliphatic carbocycles. The quantitative estimate of drug-likeness (QED) is 0.924. The van der Waals surface area contributed by atoms with E-state index in [1.54, 1.807) is 55.5 Å². The van der Waals surface area contributed by atoms with Crippen molar-refractivity contribution >= 4 is 9.84 Å². The van der Waals surface area contributed by atoms with Crippen LogP contribution in [-0.4, -0.2) is 24.9 Å². The zero-order valence-corrected chi connectivity index (χ0v) is 13.2. The maximum absolute atomic E-state index is 12.9. The minimum Gasteiger partial charge on any atom is -0.489 e. The molecule has 3 rings (SSSR count). The van der Waals surface area contributed by atoms with Crippen LogP contribution in [0.1, 0.15) is 24.2 Å². The van der Waals surface area contributed by atoms with Crippen LogP contribution in [0.25, 0.3) is 0 Å². The smallest absolute Gasteiger partial charge is 0.187 e. The summed E-state index contributed by atoms with van der Waals surface area (Å²) in [6.07, 6.45) is -1.73. The Hall–Kier alpha value is -1.85. The van der Waals surface area contributed by atoms with Gasteiger partial charge in [0.05, 0.1) is 4.90 Å². The number of para-hydroxylation sites is 1. The van der Waals surface area contributed by atoms with Gasteiger partial charge in [0.2, 0.25) is 0 Å². The lowest BCUT2D eigenvalue weighted by Gasteiger charge is -2.35. The van der Waals surface area contributed by atoms with Crippen molar-refractivity contribution in [2.24, 2.45) is 0 Å². The zero-order valence-electron chi connectivity index (χ0n) is 12.4. The van der Waals surface area contributed by atoms with Gasteiger partial charge in [0, 0.05) is 5.56 Å². The maximum atomic E-state index is 12.9. The summed E-state index contributed by atoms with van der Waals surface area (Å²) in [6, 6.07) is 13.6. The van der Waals surface area contributed by atoms with Gasteiger partial charge in [-0.1, -0.05) is 35.9 Å². The van der Waals surface area contributed by atoms with Gasteiger partial charge in [0.1, 0.15) is 23.2 Å². The van der Waals surface area contributed by atoms with Crippen LogP contribution in [0.3, 0.4) is 0 Å². The highest BCUT2D eigenvalue weighted by Crippen LogP contribution is 2.39. The topological polar surface area (TPSA) is 63.6 Å².